The summed E-state index contributed by atoms with van der Waals surface area (Å²) >= 11 is 6.18. The van der Waals surface area contributed by atoms with Crippen molar-refractivity contribution < 1.29 is 19.1 Å². The molecule has 2 amide bonds. The van der Waals surface area contributed by atoms with Gasteiger partial charge >= 0.3 is 0 Å². The second kappa shape index (κ2) is 7.66. The number of hydrogen-bond acceptors (Lipinski definition) is 4. The molecule has 1 N–H and O–H groups in total. The molecule has 1 heterocycles. The van der Waals surface area contributed by atoms with Gasteiger partial charge in [0.15, 0.2) is 11.5 Å². The van der Waals surface area contributed by atoms with Gasteiger partial charge in [0.25, 0.3) is 5.91 Å². The maximum atomic E-state index is 12.7. The number of carbonyl (C=O) groups is 2. The van der Waals surface area contributed by atoms with Crippen LogP contribution in [0.25, 0.3) is 0 Å². The summed E-state index contributed by atoms with van der Waals surface area (Å²) in [5.41, 5.74) is 0.964. The highest BCUT2D eigenvalue weighted by molar-refractivity contribution is 6.34. The lowest BCUT2D eigenvalue weighted by atomic mass is 10.1. The lowest BCUT2D eigenvalue weighted by Crippen LogP contribution is -2.41. The second-order valence-electron chi connectivity index (χ2n) is 5.80. The van der Waals surface area contributed by atoms with E-state index in [1.807, 2.05) is 6.07 Å². The zero-order valence-corrected chi connectivity index (χ0v) is 15.2. The van der Waals surface area contributed by atoms with Gasteiger partial charge in [-0.1, -0.05) is 29.8 Å². The summed E-state index contributed by atoms with van der Waals surface area (Å²) in [6.07, 6.45) is 0.502. The number of halogens is 1. The third-order valence-electron chi connectivity index (χ3n) is 4.30. The van der Waals surface area contributed by atoms with E-state index in [4.69, 9.17) is 21.1 Å². The van der Waals surface area contributed by atoms with Crippen LogP contribution in [0.1, 0.15) is 16.8 Å². The third-order valence-corrected chi connectivity index (χ3v) is 4.62. The molecule has 7 heteroatoms. The van der Waals surface area contributed by atoms with Crippen LogP contribution in [0.2, 0.25) is 5.02 Å². The molecule has 0 aromatic heterocycles. The number of ether oxygens (including phenoxy) is 2. The maximum Gasteiger partial charge on any atom is 0.255 e. The highest BCUT2D eigenvalue weighted by atomic mass is 35.5. The van der Waals surface area contributed by atoms with Crippen molar-refractivity contribution in [2.45, 2.75) is 12.5 Å². The molecule has 1 aliphatic rings. The van der Waals surface area contributed by atoms with E-state index in [9.17, 15) is 9.59 Å². The van der Waals surface area contributed by atoms with Crippen LogP contribution in [0, 0.1) is 0 Å². The largest absolute Gasteiger partial charge is 0.493 e. The number of hydrogen-bond donors (Lipinski definition) is 1. The Kier molecular flexibility index (Phi) is 5.32. The van der Waals surface area contributed by atoms with E-state index in [0.29, 0.717) is 40.7 Å². The SMILES string of the molecule is COc1cccc(C(=O)NC2CCN(c3ccccc3Cl)C2=O)c1OC. The molecule has 26 heavy (non-hydrogen) atoms. The van der Waals surface area contributed by atoms with Crippen LogP contribution < -0.4 is 19.7 Å². The predicted molar refractivity (Wildman–Crippen MR) is 99.2 cm³/mol. The van der Waals surface area contributed by atoms with Gasteiger partial charge in [-0.2, -0.15) is 0 Å². The summed E-state index contributed by atoms with van der Waals surface area (Å²) in [5.74, 6) is 0.213. The van der Waals surface area contributed by atoms with E-state index in [1.54, 1.807) is 41.3 Å². The average molecular weight is 375 g/mol. The van der Waals surface area contributed by atoms with E-state index in [2.05, 4.69) is 5.32 Å². The number of benzene rings is 2. The Hall–Kier alpha value is -2.73. The van der Waals surface area contributed by atoms with Crippen molar-refractivity contribution in [1.82, 2.24) is 5.32 Å². The van der Waals surface area contributed by atoms with Crippen molar-refractivity contribution >= 4 is 29.1 Å². The minimum atomic E-state index is -0.616. The van der Waals surface area contributed by atoms with Crippen LogP contribution in [0.15, 0.2) is 42.5 Å². The fraction of sp³-hybridized carbons (Fsp3) is 0.263. The summed E-state index contributed by atoms with van der Waals surface area (Å²) < 4.78 is 10.5. The number of amides is 2. The van der Waals surface area contributed by atoms with Crippen LogP contribution in [-0.2, 0) is 4.79 Å². The number of anilines is 1. The first-order valence-electron chi connectivity index (χ1n) is 8.14. The lowest BCUT2D eigenvalue weighted by Gasteiger charge is -2.19. The van der Waals surface area contributed by atoms with Gasteiger partial charge in [0.05, 0.1) is 30.5 Å². The number of nitrogens with zero attached hydrogens (tertiary/aromatic N) is 1. The normalized spacial score (nSPS) is 16.5. The van der Waals surface area contributed by atoms with Crippen molar-refractivity contribution in [3.63, 3.8) is 0 Å². The second-order valence-corrected chi connectivity index (χ2v) is 6.20. The molecule has 1 fully saturated rings. The Balaban J connectivity index is 1.77. The summed E-state index contributed by atoms with van der Waals surface area (Å²) in [5, 5.41) is 3.28. The van der Waals surface area contributed by atoms with Crippen LogP contribution in [-0.4, -0.2) is 38.6 Å². The first-order chi connectivity index (χ1) is 12.6. The summed E-state index contributed by atoms with van der Waals surface area (Å²) in [7, 11) is 2.97. The molecule has 0 aliphatic carbocycles. The predicted octanol–water partition coefficient (Wildman–Crippen LogP) is 2.89. The van der Waals surface area contributed by atoms with Gasteiger partial charge < -0.3 is 19.7 Å². The van der Waals surface area contributed by atoms with Gasteiger partial charge in [0, 0.05) is 6.54 Å². The maximum absolute atomic E-state index is 12.7. The molecular weight excluding hydrogens is 356 g/mol. The van der Waals surface area contributed by atoms with Crippen LogP contribution in [0.5, 0.6) is 11.5 Å². The molecule has 0 spiro atoms. The molecule has 3 rings (SSSR count). The Labute approximate surface area is 156 Å². The molecule has 0 saturated carbocycles. The van der Waals surface area contributed by atoms with Crippen LogP contribution in [0.3, 0.4) is 0 Å². The zero-order chi connectivity index (χ0) is 18.7. The standard InChI is InChI=1S/C19H19ClN2O4/c1-25-16-9-5-6-12(17(16)26-2)18(23)21-14-10-11-22(19(14)24)15-8-4-3-7-13(15)20/h3-9,14H,10-11H2,1-2H3,(H,21,23). The minimum absolute atomic E-state index is 0.187. The van der Waals surface area contributed by atoms with Crippen LogP contribution in [0.4, 0.5) is 5.69 Å². The Morgan fingerprint density at radius 1 is 1.15 bits per heavy atom. The Morgan fingerprint density at radius 2 is 1.92 bits per heavy atom. The third kappa shape index (κ3) is 3.32. The van der Waals surface area contributed by atoms with Crippen molar-refractivity contribution in [3.05, 3.63) is 53.1 Å². The van der Waals surface area contributed by atoms with Gasteiger partial charge in [0.1, 0.15) is 6.04 Å². The van der Waals surface area contributed by atoms with Gasteiger partial charge in [-0.3, -0.25) is 9.59 Å². The summed E-state index contributed by atoms with van der Waals surface area (Å²) in [6, 6.07) is 11.6. The summed E-state index contributed by atoms with van der Waals surface area (Å²) in [4.78, 5) is 27.0. The first-order valence-corrected chi connectivity index (χ1v) is 8.52. The molecule has 6 nitrogen and oxygen atoms in total. The number of para-hydroxylation sites is 2. The fourth-order valence-electron chi connectivity index (χ4n) is 3.03. The number of nitrogens with one attached hydrogen (secondary N) is 1. The quantitative estimate of drug-likeness (QED) is 0.873. The van der Waals surface area contributed by atoms with Crippen LogP contribution >= 0.6 is 11.6 Å². The molecule has 1 aliphatic heterocycles. The number of rotatable bonds is 5. The minimum Gasteiger partial charge on any atom is -0.493 e. The zero-order valence-electron chi connectivity index (χ0n) is 14.5. The van der Waals surface area contributed by atoms with E-state index in [1.165, 1.54) is 14.2 Å². The monoisotopic (exact) mass is 374 g/mol. The van der Waals surface area contributed by atoms with Gasteiger partial charge in [0.2, 0.25) is 5.91 Å². The molecule has 0 bridgehead atoms. The molecule has 1 atom stereocenters. The Morgan fingerprint density at radius 3 is 2.62 bits per heavy atom. The highest BCUT2D eigenvalue weighted by Gasteiger charge is 2.35. The molecule has 2 aromatic rings. The smallest absolute Gasteiger partial charge is 0.255 e. The molecule has 0 radical (unpaired) electrons. The van der Waals surface area contributed by atoms with E-state index in [0.717, 1.165) is 0 Å². The molecule has 1 unspecified atom stereocenters. The number of carbonyl (C=O) groups excluding carboxylic acids is 2. The Bertz CT molecular complexity index is 840. The first kappa shape index (κ1) is 18.1. The van der Waals surface area contributed by atoms with Gasteiger partial charge in [-0.05, 0) is 30.7 Å². The van der Waals surface area contributed by atoms with Crippen molar-refractivity contribution in [1.29, 1.82) is 0 Å². The van der Waals surface area contributed by atoms with E-state index >= 15 is 0 Å². The summed E-state index contributed by atoms with van der Waals surface area (Å²) in [6.45, 7) is 0.489. The lowest BCUT2D eigenvalue weighted by molar-refractivity contribution is -0.118. The molecule has 2 aromatic carbocycles. The van der Waals surface area contributed by atoms with E-state index < -0.39 is 6.04 Å². The van der Waals surface area contributed by atoms with Gasteiger partial charge in [-0.15, -0.1) is 0 Å². The number of methoxy groups -OCH3 is 2. The molecule has 1 saturated heterocycles. The van der Waals surface area contributed by atoms with E-state index in [-0.39, 0.29) is 11.8 Å². The fourth-order valence-corrected chi connectivity index (χ4v) is 3.26. The topological polar surface area (TPSA) is 67.9 Å². The van der Waals surface area contributed by atoms with Crippen molar-refractivity contribution in [3.8, 4) is 11.5 Å². The molecular formula is C19H19ClN2O4. The van der Waals surface area contributed by atoms with Crippen molar-refractivity contribution in [2.75, 3.05) is 25.7 Å². The highest BCUT2D eigenvalue weighted by Crippen LogP contribution is 2.32. The average Bonchev–Trinajstić information content (AvgIpc) is 3.01. The van der Waals surface area contributed by atoms with Gasteiger partial charge in [-0.25, -0.2) is 0 Å². The van der Waals surface area contributed by atoms with Crippen molar-refractivity contribution in [2.24, 2.45) is 0 Å². The molecule has 136 valence electrons.